The van der Waals surface area contributed by atoms with Crippen molar-refractivity contribution in [2.24, 2.45) is 0 Å². The van der Waals surface area contributed by atoms with Crippen molar-refractivity contribution in [1.82, 2.24) is 0 Å². The molecule has 2 aromatic heterocycles. The van der Waals surface area contributed by atoms with E-state index in [0.717, 1.165) is 5.39 Å². The van der Waals surface area contributed by atoms with E-state index >= 15 is 0 Å². The highest BCUT2D eigenvalue weighted by Crippen LogP contribution is 2.33. The van der Waals surface area contributed by atoms with E-state index in [-0.39, 0.29) is 34.3 Å². The smallest absolute Gasteiger partial charge is 0.343 e. The molecule has 0 amide bonds. The fraction of sp³-hybridized carbons (Fsp3) is 0.185. The third-order valence-electron chi connectivity index (χ3n) is 6.21. The van der Waals surface area contributed by atoms with Crippen LogP contribution in [0.2, 0.25) is 0 Å². The number of nitrogens with zero attached hydrogens (tertiary/aromatic N) is 1. The number of rotatable bonds is 5. The fourth-order valence-corrected chi connectivity index (χ4v) is 4.25. The van der Waals surface area contributed by atoms with Crippen LogP contribution in [0.15, 0.2) is 73.0 Å². The van der Waals surface area contributed by atoms with Crippen molar-refractivity contribution in [2.45, 2.75) is 13.3 Å². The van der Waals surface area contributed by atoms with Crippen molar-refractivity contribution < 1.29 is 18.7 Å². The number of fused-ring (bicyclic) bond motifs is 4. The van der Waals surface area contributed by atoms with Gasteiger partial charge in [0, 0.05) is 25.4 Å². The molecule has 7 heteroatoms. The maximum atomic E-state index is 13.9. The van der Waals surface area contributed by atoms with Crippen LogP contribution in [-0.2, 0) is 6.42 Å². The van der Waals surface area contributed by atoms with E-state index in [1.54, 1.807) is 55.5 Å². The number of benzene rings is 3. The topological polar surface area (TPSA) is 93.1 Å². The number of para-hydroxylation sites is 1. The minimum atomic E-state index is -0.694. The van der Waals surface area contributed by atoms with Crippen molar-refractivity contribution in [1.29, 1.82) is 0 Å². The number of hydrogen-bond acceptors (Lipinski definition) is 7. The van der Waals surface area contributed by atoms with Gasteiger partial charge in [-0.1, -0.05) is 24.3 Å². The Morgan fingerprint density at radius 2 is 1.71 bits per heavy atom. The molecule has 0 bridgehead atoms. The molecule has 0 unspecified atom stereocenters. The number of methoxy groups -OCH3 is 1. The zero-order valence-corrected chi connectivity index (χ0v) is 19.0. The van der Waals surface area contributed by atoms with Gasteiger partial charge >= 0.3 is 5.63 Å². The second-order valence-electron chi connectivity index (χ2n) is 8.14. The molecular weight excluding hydrogens is 434 g/mol. The van der Waals surface area contributed by atoms with Crippen LogP contribution in [0.4, 0.5) is 5.88 Å². The molecule has 2 heterocycles. The van der Waals surface area contributed by atoms with E-state index in [1.807, 2.05) is 25.1 Å². The maximum absolute atomic E-state index is 13.9. The highest BCUT2D eigenvalue weighted by molar-refractivity contribution is 6.06. The molecule has 0 aliphatic rings. The third-order valence-corrected chi connectivity index (χ3v) is 6.21. The van der Waals surface area contributed by atoms with E-state index in [9.17, 15) is 14.7 Å². The molecule has 0 radical (unpaired) electrons. The first-order valence-electron chi connectivity index (χ1n) is 10.9. The average molecular weight is 457 g/mol. The van der Waals surface area contributed by atoms with Gasteiger partial charge in [0.15, 0.2) is 5.43 Å². The summed E-state index contributed by atoms with van der Waals surface area (Å²) in [4.78, 5) is 28.5. The Bertz CT molecular complexity index is 1680. The van der Waals surface area contributed by atoms with Crippen LogP contribution >= 0.6 is 0 Å². The first-order valence-corrected chi connectivity index (χ1v) is 10.9. The zero-order valence-electron chi connectivity index (χ0n) is 19.0. The maximum Gasteiger partial charge on any atom is 0.343 e. The lowest BCUT2D eigenvalue weighted by molar-refractivity contribution is 0.415. The predicted octanol–water partition coefficient (Wildman–Crippen LogP) is 4.81. The third kappa shape index (κ3) is 3.37. The Labute approximate surface area is 194 Å². The van der Waals surface area contributed by atoms with Crippen molar-refractivity contribution >= 4 is 38.6 Å². The first kappa shape index (κ1) is 21.6. The van der Waals surface area contributed by atoms with Crippen LogP contribution in [0, 0.1) is 0 Å². The number of hydrogen-bond donors (Lipinski definition) is 1. The zero-order chi connectivity index (χ0) is 24.0. The van der Waals surface area contributed by atoms with Crippen molar-refractivity contribution in [3.05, 3.63) is 86.4 Å². The van der Waals surface area contributed by atoms with Gasteiger partial charge in [0.2, 0.25) is 5.88 Å². The van der Waals surface area contributed by atoms with Gasteiger partial charge in [0.05, 0.1) is 29.0 Å². The number of ether oxygens (including phenoxy) is 1. The minimum Gasteiger partial charge on any atom is -0.507 e. The van der Waals surface area contributed by atoms with Crippen LogP contribution in [0.3, 0.4) is 0 Å². The summed E-state index contributed by atoms with van der Waals surface area (Å²) in [5.74, 6) is 0.758. The minimum absolute atomic E-state index is 0.00826. The SMILES string of the molecule is CCN(C)c1oc2ccc3ccc(OC)cc3c2c(=O)c1Cc1c(O)c2ccccc2oc1=O. The molecule has 34 heavy (non-hydrogen) atoms. The van der Waals surface area contributed by atoms with Crippen molar-refractivity contribution in [3.63, 3.8) is 0 Å². The molecule has 1 N–H and O–H groups in total. The van der Waals surface area contributed by atoms with Gasteiger partial charge in [0.1, 0.15) is 22.7 Å². The van der Waals surface area contributed by atoms with Gasteiger partial charge < -0.3 is 23.6 Å². The fourth-order valence-electron chi connectivity index (χ4n) is 4.25. The van der Waals surface area contributed by atoms with E-state index in [4.69, 9.17) is 13.6 Å². The molecule has 0 saturated heterocycles. The molecular formula is C27H23NO6. The van der Waals surface area contributed by atoms with Crippen molar-refractivity contribution in [3.8, 4) is 11.5 Å². The summed E-state index contributed by atoms with van der Waals surface area (Å²) in [6.07, 6.45) is -0.142. The van der Waals surface area contributed by atoms with Gasteiger partial charge in [-0.3, -0.25) is 4.79 Å². The van der Waals surface area contributed by atoms with Crippen LogP contribution in [0.1, 0.15) is 18.1 Å². The Hall–Kier alpha value is -4.26. The lowest BCUT2D eigenvalue weighted by atomic mass is 9.99. The Morgan fingerprint density at radius 1 is 0.941 bits per heavy atom. The average Bonchev–Trinajstić information content (AvgIpc) is 2.86. The molecule has 0 spiro atoms. The number of anilines is 1. The van der Waals surface area contributed by atoms with Crippen LogP contribution in [-0.4, -0.2) is 25.8 Å². The second-order valence-corrected chi connectivity index (χ2v) is 8.14. The summed E-state index contributed by atoms with van der Waals surface area (Å²) in [6, 6.07) is 15.9. The summed E-state index contributed by atoms with van der Waals surface area (Å²) in [5.41, 5.74) is 0.0181. The standard InChI is InChI=1S/C27H23NO6/c1-4-28(2)26-19(14-20-24(29)17-7-5-6-8-21(17)34-27(20)31)25(30)23-18-13-16(32-3)11-9-15(18)10-12-22(23)33-26/h5-13,29H,4,14H2,1-3H3. The molecule has 172 valence electrons. The van der Waals surface area contributed by atoms with E-state index in [2.05, 4.69) is 0 Å². The van der Waals surface area contributed by atoms with Crippen LogP contribution in [0.25, 0.3) is 32.7 Å². The molecule has 0 saturated carbocycles. The summed E-state index contributed by atoms with van der Waals surface area (Å²) in [6.45, 7) is 2.50. The quantitative estimate of drug-likeness (QED) is 0.299. The molecule has 3 aromatic carbocycles. The molecule has 0 fully saturated rings. The summed E-state index contributed by atoms with van der Waals surface area (Å²) < 4.78 is 17.0. The van der Waals surface area contributed by atoms with E-state index in [0.29, 0.717) is 39.9 Å². The summed E-state index contributed by atoms with van der Waals surface area (Å²) in [7, 11) is 3.37. The van der Waals surface area contributed by atoms with Crippen LogP contribution < -0.4 is 20.7 Å². The molecule has 7 nitrogen and oxygen atoms in total. The Kier molecular flexibility index (Phi) is 5.24. The molecule has 0 aliphatic carbocycles. The van der Waals surface area contributed by atoms with Gasteiger partial charge in [-0.05, 0) is 42.6 Å². The Morgan fingerprint density at radius 3 is 2.47 bits per heavy atom. The van der Waals surface area contributed by atoms with Crippen molar-refractivity contribution in [2.75, 3.05) is 25.6 Å². The summed E-state index contributed by atoms with van der Waals surface area (Å²) in [5, 5.41) is 13.2. The lowest BCUT2D eigenvalue weighted by Crippen LogP contribution is -2.23. The number of aromatic hydroxyl groups is 1. The molecule has 0 atom stereocenters. The van der Waals surface area contributed by atoms with E-state index in [1.165, 1.54) is 0 Å². The summed E-state index contributed by atoms with van der Waals surface area (Å²) >= 11 is 0. The first-order chi connectivity index (χ1) is 16.4. The van der Waals surface area contributed by atoms with Gasteiger partial charge in [-0.2, -0.15) is 0 Å². The predicted molar refractivity (Wildman–Crippen MR) is 132 cm³/mol. The van der Waals surface area contributed by atoms with E-state index < -0.39 is 5.63 Å². The van der Waals surface area contributed by atoms with Crippen LogP contribution in [0.5, 0.6) is 11.5 Å². The lowest BCUT2D eigenvalue weighted by Gasteiger charge is -2.20. The largest absolute Gasteiger partial charge is 0.507 e. The molecule has 5 rings (SSSR count). The second kappa shape index (κ2) is 8.26. The van der Waals surface area contributed by atoms with Gasteiger partial charge in [-0.25, -0.2) is 4.79 Å². The van der Waals surface area contributed by atoms with Gasteiger partial charge in [-0.15, -0.1) is 0 Å². The monoisotopic (exact) mass is 457 g/mol. The van der Waals surface area contributed by atoms with Gasteiger partial charge in [0.25, 0.3) is 0 Å². The molecule has 5 aromatic rings. The highest BCUT2D eigenvalue weighted by Gasteiger charge is 2.23. The molecule has 0 aliphatic heterocycles. The normalized spacial score (nSPS) is 11.4. The highest BCUT2D eigenvalue weighted by atomic mass is 16.5. The Balaban J connectivity index is 1.83.